The first-order valence-electron chi connectivity index (χ1n) is 17.6. The standard InChI is InChI=1S/C42H48N2O6S2/c1-7-14-34(46)42(5,6)36-20-13-18-31-24-29(31)16-9-10-21-37-43-32(25-51-37)39(47)49-35(41(3,4)27(2)45)19-12-17-30-23-28(30)15-8-11-22-38-44-33(26-52-38)40(48)50-36/h7-18,21-29,34-36,45-46H,19-20H2,1-6H3/b14-7+,15-8+,16-9+,17-12-,18-13-,21-10-,22-11-/t27-,28-,29+,34-,35-,36-/m0/s1. The molecule has 0 saturated heterocycles. The number of thiazole rings is 2. The first-order valence-corrected chi connectivity index (χ1v) is 19.3. The number of carbonyl (C=O) groups excluding carboxylic acids is 2. The molecule has 1 aliphatic heterocycles. The lowest BCUT2D eigenvalue weighted by molar-refractivity contribution is -0.0545. The van der Waals surface area contributed by atoms with E-state index in [1.807, 2.05) is 95.4 Å². The van der Waals surface area contributed by atoms with Gasteiger partial charge in [0, 0.05) is 46.3 Å². The number of cyclic esters (lactones) is 2. The molecule has 0 saturated carbocycles. The van der Waals surface area contributed by atoms with E-state index in [0.29, 0.717) is 22.9 Å². The Labute approximate surface area is 314 Å². The van der Waals surface area contributed by atoms with Gasteiger partial charge in [0.25, 0.3) is 0 Å². The van der Waals surface area contributed by atoms with Crippen LogP contribution in [0.4, 0.5) is 0 Å². The molecule has 274 valence electrons. The zero-order valence-electron chi connectivity index (χ0n) is 30.5. The Morgan fingerprint density at radius 2 is 1.21 bits per heavy atom. The van der Waals surface area contributed by atoms with E-state index in [0.717, 1.165) is 11.1 Å². The molecule has 2 aliphatic carbocycles. The molecule has 6 atom stereocenters. The van der Waals surface area contributed by atoms with Crippen molar-refractivity contribution in [2.45, 2.75) is 78.8 Å². The maximum Gasteiger partial charge on any atom is 0.358 e. The molecule has 0 spiro atoms. The van der Waals surface area contributed by atoms with Crippen molar-refractivity contribution in [1.29, 1.82) is 0 Å². The van der Waals surface area contributed by atoms with Crippen molar-refractivity contribution in [3.63, 3.8) is 0 Å². The highest BCUT2D eigenvalue weighted by Gasteiger charge is 2.39. The van der Waals surface area contributed by atoms with Crippen LogP contribution in [0, 0.1) is 22.7 Å². The summed E-state index contributed by atoms with van der Waals surface area (Å²) in [6.45, 7) is 11.1. The molecule has 2 aromatic heterocycles. The number of hydrogen-bond acceptors (Lipinski definition) is 10. The molecule has 2 N–H and O–H groups in total. The van der Waals surface area contributed by atoms with Crippen molar-refractivity contribution >= 4 is 46.8 Å². The van der Waals surface area contributed by atoms with E-state index in [-0.39, 0.29) is 23.2 Å². The smallest absolute Gasteiger partial charge is 0.358 e. The molecule has 0 unspecified atom stereocenters. The van der Waals surface area contributed by atoms with Crippen LogP contribution in [0.15, 0.2) is 107 Å². The number of esters is 2. The zero-order chi connectivity index (χ0) is 37.5. The van der Waals surface area contributed by atoms with Gasteiger partial charge in [-0.2, -0.15) is 0 Å². The zero-order valence-corrected chi connectivity index (χ0v) is 32.1. The average Bonchev–Trinajstić information content (AvgIpc) is 3.89. The molecule has 3 heterocycles. The highest BCUT2D eigenvalue weighted by atomic mass is 32.1. The molecule has 5 rings (SSSR count). The molecular formula is C42H48N2O6S2. The second kappa shape index (κ2) is 17.1. The highest BCUT2D eigenvalue weighted by Crippen LogP contribution is 2.36. The molecular weight excluding hydrogens is 693 g/mol. The van der Waals surface area contributed by atoms with Gasteiger partial charge in [-0.3, -0.25) is 0 Å². The minimum Gasteiger partial charge on any atom is -0.457 e. The summed E-state index contributed by atoms with van der Waals surface area (Å²) in [5, 5.41) is 26.2. The van der Waals surface area contributed by atoms with Crippen molar-refractivity contribution < 1.29 is 29.3 Å². The van der Waals surface area contributed by atoms with Crippen LogP contribution >= 0.6 is 22.7 Å². The van der Waals surface area contributed by atoms with Crippen molar-refractivity contribution in [1.82, 2.24) is 9.97 Å². The Hall–Kier alpha value is -4.22. The van der Waals surface area contributed by atoms with Crippen LogP contribution in [0.1, 0.15) is 85.4 Å². The highest BCUT2D eigenvalue weighted by molar-refractivity contribution is 7.11. The Kier molecular flexibility index (Phi) is 12.8. The summed E-state index contributed by atoms with van der Waals surface area (Å²) in [5.41, 5.74) is 1.31. The van der Waals surface area contributed by atoms with E-state index in [9.17, 15) is 19.8 Å². The summed E-state index contributed by atoms with van der Waals surface area (Å²) >= 11 is 2.71. The molecule has 3 aliphatic rings. The lowest BCUT2D eigenvalue weighted by Crippen LogP contribution is -2.42. The Bertz CT molecular complexity index is 1880. The summed E-state index contributed by atoms with van der Waals surface area (Å²) in [4.78, 5) is 35.4. The molecule has 10 heteroatoms. The average molecular weight is 741 g/mol. The minimum absolute atomic E-state index is 0.187. The number of fused-ring (bicyclic) bond motifs is 6. The minimum atomic E-state index is -0.814. The molecule has 2 aromatic rings. The number of ether oxygens (including phenoxy) is 2. The Balaban J connectivity index is 1.34. The third-order valence-corrected chi connectivity index (χ3v) is 11.4. The normalized spacial score (nSPS) is 28.0. The summed E-state index contributed by atoms with van der Waals surface area (Å²) in [7, 11) is 0. The van der Waals surface area contributed by atoms with Gasteiger partial charge >= 0.3 is 11.9 Å². The predicted octanol–water partition coefficient (Wildman–Crippen LogP) is 8.88. The summed E-state index contributed by atoms with van der Waals surface area (Å²) in [6.07, 6.45) is 29.4. The second-order valence-corrected chi connectivity index (χ2v) is 16.1. The number of hydrogen-bond donors (Lipinski definition) is 2. The van der Waals surface area contributed by atoms with Gasteiger partial charge in [0.05, 0.1) is 12.2 Å². The van der Waals surface area contributed by atoms with Crippen molar-refractivity contribution in [2.75, 3.05) is 0 Å². The quantitative estimate of drug-likeness (QED) is 0.231. The van der Waals surface area contributed by atoms with Crippen LogP contribution in [0.2, 0.25) is 0 Å². The topological polar surface area (TPSA) is 119 Å². The SMILES string of the molecule is C/C=C/[C@H](O)C(C)(C)[C@@H]1C/C=C\C2=C[C@H]2/C=C/C=C\c2nc(cs2)C(=O)O[C@H](C(C)(C)[C@H](C)O)C/C=C\C2=C[C@@H]2/C=C/C=C\c2nc(cs2)C(=O)O1. The van der Waals surface area contributed by atoms with Crippen LogP contribution in [-0.4, -0.2) is 56.5 Å². The first-order chi connectivity index (χ1) is 24.8. The largest absolute Gasteiger partial charge is 0.457 e. The molecule has 4 bridgehead atoms. The predicted molar refractivity (Wildman–Crippen MR) is 210 cm³/mol. The van der Waals surface area contributed by atoms with Gasteiger partial charge in [-0.1, -0.05) is 113 Å². The van der Waals surface area contributed by atoms with Gasteiger partial charge < -0.3 is 19.7 Å². The monoisotopic (exact) mass is 740 g/mol. The van der Waals surface area contributed by atoms with Crippen molar-refractivity contribution in [3.8, 4) is 0 Å². The van der Waals surface area contributed by atoms with E-state index in [1.54, 1.807) is 29.8 Å². The van der Waals surface area contributed by atoms with E-state index in [2.05, 4.69) is 34.3 Å². The lowest BCUT2D eigenvalue weighted by Gasteiger charge is -2.36. The fourth-order valence-electron chi connectivity index (χ4n) is 5.48. The van der Waals surface area contributed by atoms with Gasteiger partial charge in [-0.05, 0) is 37.1 Å². The number of allylic oxidation sites excluding steroid dienone is 13. The van der Waals surface area contributed by atoms with Crippen molar-refractivity contribution in [2.24, 2.45) is 22.7 Å². The third kappa shape index (κ3) is 10.2. The van der Waals surface area contributed by atoms with Gasteiger partial charge in [0.2, 0.25) is 0 Å². The number of aliphatic hydroxyl groups is 2. The summed E-state index contributed by atoms with van der Waals surface area (Å²) in [5.74, 6) is -0.658. The van der Waals surface area contributed by atoms with Gasteiger partial charge in [-0.25, -0.2) is 19.6 Å². The number of aromatic nitrogens is 2. The van der Waals surface area contributed by atoms with E-state index in [4.69, 9.17) is 9.47 Å². The summed E-state index contributed by atoms with van der Waals surface area (Å²) in [6, 6.07) is 0. The second-order valence-electron chi connectivity index (χ2n) is 14.4. The van der Waals surface area contributed by atoms with Gasteiger partial charge in [-0.15, -0.1) is 22.7 Å². The molecule has 0 amide bonds. The summed E-state index contributed by atoms with van der Waals surface area (Å²) < 4.78 is 12.0. The number of nitrogens with zero attached hydrogens (tertiary/aromatic N) is 2. The van der Waals surface area contributed by atoms with E-state index < -0.39 is 47.2 Å². The third-order valence-electron chi connectivity index (χ3n) is 9.79. The van der Waals surface area contributed by atoms with Crippen LogP contribution in [0.3, 0.4) is 0 Å². The van der Waals surface area contributed by atoms with Crippen molar-refractivity contribution in [3.05, 3.63) is 128 Å². The molecule has 8 nitrogen and oxygen atoms in total. The number of carbonyl (C=O) groups is 2. The fraction of sp³-hybridized carbons (Fsp3) is 0.381. The maximum atomic E-state index is 13.3. The maximum absolute atomic E-state index is 13.3. The fourth-order valence-corrected chi connectivity index (χ4v) is 6.86. The van der Waals surface area contributed by atoms with Crippen LogP contribution in [0.25, 0.3) is 12.2 Å². The van der Waals surface area contributed by atoms with Crippen LogP contribution in [-0.2, 0) is 9.47 Å². The van der Waals surface area contributed by atoms with E-state index in [1.165, 1.54) is 22.7 Å². The Morgan fingerprint density at radius 3 is 1.65 bits per heavy atom. The van der Waals surface area contributed by atoms with E-state index >= 15 is 0 Å². The van der Waals surface area contributed by atoms with Gasteiger partial charge in [0.1, 0.15) is 22.2 Å². The van der Waals surface area contributed by atoms with Crippen LogP contribution < -0.4 is 0 Å². The molecule has 52 heavy (non-hydrogen) atoms. The molecule has 0 aromatic carbocycles. The Morgan fingerprint density at radius 1 is 0.750 bits per heavy atom. The number of aliphatic hydroxyl groups excluding tert-OH is 2. The van der Waals surface area contributed by atoms with Crippen LogP contribution in [0.5, 0.6) is 0 Å². The molecule has 0 fully saturated rings. The number of rotatable bonds is 5. The van der Waals surface area contributed by atoms with Gasteiger partial charge in [0.15, 0.2) is 11.4 Å². The first kappa shape index (κ1) is 39.0. The lowest BCUT2D eigenvalue weighted by atomic mass is 9.79. The molecule has 0 radical (unpaired) electrons.